The SMILES string of the molecule is CC[C@H](O)[C@@H]1C[C@@H]([C@@H](C)O)[C@H](n2c(=O)sc3c(=O)[nH]c(N)nc32)O1. The highest BCUT2D eigenvalue weighted by Crippen LogP contribution is 2.39. The first kappa shape index (κ1) is 17.1. The number of nitrogens with zero attached hydrogens (tertiary/aromatic N) is 2. The molecule has 9 nitrogen and oxygen atoms in total. The number of ether oxygens (including phenoxy) is 1. The number of aromatic nitrogens is 3. The number of anilines is 1. The fourth-order valence-corrected chi connectivity index (χ4v) is 3.93. The molecule has 0 radical (unpaired) electrons. The van der Waals surface area contributed by atoms with Gasteiger partial charge in [0, 0.05) is 5.92 Å². The number of aromatic amines is 1. The van der Waals surface area contributed by atoms with Crippen LogP contribution < -0.4 is 16.2 Å². The molecule has 0 spiro atoms. The predicted molar refractivity (Wildman–Crippen MR) is 88.9 cm³/mol. The standard InChI is InChI=1S/C14H20N4O5S/c1-3-7(20)8-4-6(5(2)19)12(23-8)18-10-9(24-14(18)22)11(21)17-13(15)16-10/h5-8,12,19-20H,3-4H2,1-2H3,(H3,15,16,17,21)/t5-,6+,7+,8+,12-/m1/s1. The van der Waals surface area contributed by atoms with E-state index < -0.39 is 40.9 Å². The van der Waals surface area contributed by atoms with E-state index in [1.54, 1.807) is 6.92 Å². The second-order valence-corrected chi connectivity index (χ2v) is 6.98. The highest BCUT2D eigenvalue weighted by molar-refractivity contribution is 7.16. The summed E-state index contributed by atoms with van der Waals surface area (Å²) in [6.45, 7) is 3.43. The van der Waals surface area contributed by atoms with Crippen LogP contribution in [0.1, 0.15) is 32.9 Å². The first-order valence-corrected chi connectivity index (χ1v) is 8.57. The van der Waals surface area contributed by atoms with Crippen molar-refractivity contribution in [3.63, 3.8) is 0 Å². The number of fused-ring (bicyclic) bond motifs is 1. The number of rotatable bonds is 4. The van der Waals surface area contributed by atoms with Gasteiger partial charge in [-0.15, -0.1) is 0 Å². The maximum atomic E-state index is 12.4. The Labute approximate surface area is 140 Å². The fourth-order valence-electron chi connectivity index (χ4n) is 3.09. The zero-order valence-corrected chi connectivity index (χ0v) is 14.1. The number of nitrogen functional groups attached to an aromatic ring is 1. The number of nitrogens with two attached hydrogens (primary N) is 1. The van der Waals surface area contributed by atoms with Crippen LogP contribution in [0.2, 0.25) is 0 Å². The molecule has 0 bridgehead atoms. The Morgan fingerprint density at radius 3 is 2.83 bits per heavy atom. The van der Waals surface area contributed by atoms with Gasteiger partial charge in [0.15, 0.2) is 5.65 Å². The third kappa shape index (κ3) is 2.75. The molecular weight excluding hydrogens is 336 g/mol. The molecular formula is C14H20N4O5S. The molecule has 132 valence electrons. The minimum absolute atomic E-state index is 0.101. The summed E-state index contributed by atoms with van der Waals surface area (Å²) in [5, 5.41) is 20.1. The van der Waals surface area contributed by atoms with Gasteiger partial charge in [-0.25, -0.2) is 0 Å². The van der Waals surface area contributed by atoms with E-state index >= 15 is 0 Å². The molecule has 0 saturated carbocycles. The van der Waals surface area contributed by atoms with Crippen molar-refractivity contribution in [3.8, 4) is 0 Å². The molecule has 0 aromatic carbocycles. The van der Waals surface area contributed by atoms with Gasteiger partial charge in [0.2, 0.25) is 5.95 Å². The molecule has 1 saturated heterocycles. The molecule has 1 aliphatic heterocycles. The van der Waals surface area contributed by atoms with Crippen LogP contribution in [0.3, 0.4) is 0 Å². The van der Waals surface area contributed by atoms with Crippen LogP contribution in [0.25, 0.3) is 10.3 Å². The minimum atomic E-state index is -0.814. The minimum Gasteiger partial charge on any atom is -0.393 e. The van der Waals surface area contributed by atoms with Crippen LogP contribution in [0, 0.1) is 5.92 Å². The Bertz CT molecular complexity index is 857. The first-order chi connectivity index (χ1) is 11.3. The van der Waals surface area contributed by atoms with Gasteiger partial charge in [0.1, 0.15) is 10.9 Å². The number of hydrogen-bond acceptors (Lipinski definition) is 8. The van der Waals surface area contributed by atoms with Crippen molar-refractivity contribution in [3.05, 3.63) is 20.0 Å². The summed E-state index contributed by atoms with van der Waals surface area (Å²) in [4.78, 5) is 30.4. The quantitative estimate of drug-likeness (QED) is 0.593. The summed E-state index contributed by atoms with van der Waals surface area (Å²) in [6, 6.07) is 0. The van der Waals surface area contributed by atoms with Crippen LogP contribution in [0.4, 0.5) is 5.95 Å². The lowest BCUT2D eigenvalue weighted by Crippen LogP contribution is -2.30. The maximum Gasteiger partial charge on any atom is 0.311 e. The van der Waals surface area contributed by atoms with Crippen LogP contribution in [-0.4, -0.2) is 43.1 Å². The van der Waals surface area contributed by atoms with Crippen LogP contribution >= 0.6 is 11.3 Å². The van der Waals surface area contributed by atoms with Gasteiger partial charge in [-0.2, -0.15) is 4.98 Å². The average Bonchev–Trinajstić information content (AvgIpc) is 3.07. The monoisotopic (exact) mass is 356 g/mol. The summed E-state index contributed by atoms with van der Waals surface area (Å²) in [5.41, 5.74) is 5.23. The van der Waals surface area contributed by atoms with Crippen LogP contribution in [0.5, 0.6) is 0 Å². The Hall–Kier alpha value is -1.75. The van der Waals surface area contributed by atoms with Crippen molar-refractivity contribution in [2.45, 2.75) is 51.2 Å². The molecule has 5 N–H and O–H groups in total. The van der Waals surface area contributed by atoms with Gasteiger partial charge in [-0.3, -0.25) is 19.1 Å². The number of hydrogen-bond donors (Lipinski definition) is 4. The number of aliphatic hydroxyl groups excluding tert-OH is 2. The van der Waals surface area contributed by atoms with Crippen molar-refractivity contribution in [1.29, 1.82) is 0 Å². The molecule has 0 unspecified atom stereocenters. The van der Waals surface area contributed by atoms with Crippen LogP contribution in [0.15, 0.2) is 9.59 Å². The Morgan fingerprint density at radius 2 is 2.21 bits per heavy atom. The molecule has 3 rings (SSSR count). The third-order valence-electron chi connectivity index (χ3n) is 4.40. The van der Waals surface area contributed by atoms with E-state index in [9.17, 15) is 19.8 Å². The molecule has 2 aromatic heterocycles. The average molecular weight is 356 g/mol. The third-order valence-corrected chi connectivity index (χ3v) is 5.34. The molecule has 3 heterocycles. The van der Waals surface area contributed by atoms with Crippen molar-refractivity contribution in [2.75, 3.05) is 5.73 Å². The Kier molecular flexibility index (Phi) is 4.47. The number of H-pyrrole nitrogens is 1. The Morgan fingerprint density at radius 1 is 1.50 bits per heavy atom. The van der Waals surface area contributed by atoms with Crippen molar-refractivity contribution < 1.29 is 14.9 Å². The van der Waals surface area contributed by atoms with E-state index in [0.717, 1.165) is 11.3 Å². The molecule has 24 heavy (non-hydrogen) atoms. The van der Waals surface area contributed by atoms with Crippen LogP contribution in [-0.2, 0) is 4.74 Å². The number of aliphatic hydroxyl groups is 2. The molecule has 1 aliphatic rings. The highest BCUT2D eigenvalue weighted by Gasteiger charge is 2.43. The summed E-state index contributed by atoms with van der Waals surface area (Å²) >= 11 is 0.752. The zero-order valence-electron chi connectivity index (χ0n) is 13.3. The fraction of sp³-hybridized carbons (Fsp3) is 0.643. The molecule has 5 atom stereocenters. The van der Waals surface area contributed by atoms with E-state index in [-0.39, 0.29) is 16.3 Å². The van der Waals surface area contributed by atoms with Crippen molar-refractivity contribution in [2.24, 2.45) is 5.92 Å². The molecule has 2 aromatic rings. The number of nitrogens with one attached hydrogen (secondary N) is 1. The number of thiazole rings is 1. The van der Waals surface area contributed by atoms with E-state index in [4.69, 9.17) is 10.5 Å². The summed E-state index contributed by atoms with van der Waals surface area (Å²) < 4.78 is 7.28. The van der Waals surface area contributed by atoms with Gasteiger partial charge in [-0.05, 0) is 19.8 Å². The van der Waals surface area contributed by atoms with E-state index in [0.29, 0.717) is 12.8 Å². The molecule has 10 heteroatoms. The normalized spacial score (nSPS) is 26.8. The molecule has 0 amide bonds. The topological polar surface area (TPSA) is 143 Å². The highest BCUT2D eigenvalue weighted by atomic mass is 32.1. The Balaban J connectivity index is 2.13. The van der Waals surface area contributed by atoms with Crippen molar-refractivity contribution in [1.82, 2.24) is 14.5 Å². The van der Waals surface area contributed by atoms with Gasteiger partial charge in [0.25, 0.3) is 5.56 Å². The summed E-state index contributed by atoms with van der Waals surface area (Å²) in [6.07, 6.45) is -1.87. The largest absolute Gasteiger partial charge is 0.393 e. The van der Waals surface area contributed by atoms with Gasteiger partial charge < -0.3 is 20.7 Å². The predicted octanol–water partition coefficient (Wildman–Crippen LogP) is -0.216. The lowest BCUT2D eigenvalue weighted by Gasteiger charge is -2.22. The lowest BCUT2D eigenvalue weighted by molar-refractivity contribution is -0.0733. The van der Waals surface area contributed by atoms with Crippen molar-refractivity contribution >= 4 is 27.6 Å². The molecule has 0 aliphatic carbocycles. The van der Waals surface area contributed by atoms with Gasteiger partial charge in [0.05, 0.1) is 18.3 Å². The van der Waals surface area contributed by atoms with E-state index in [1.807, 2.05) is 6.92 Å². The zero-order chi connectivity index (χ0) is 17.6. The van der Waals surface area contributed by atoms with Gasteiger partial charge >= 0.3 is 4.87 Å². The molecule has 1 fully saturated rings. The summed E-state index contributed by atoms with van der Waals surface area (Å²) in [7, 11) is 0. The smallest absolute Gasteiger partial charge is 0.311 e. The second-order valence-electron chi connectivity index (χ2n) is 6.02. The maximum absolute atomic E-state index is 12.4. The first-order valence-electron chi connectivity index (χ1n) is 7.75. The van der Waals surface area contributed by atoms with E-state index in [2.05, 4.69) is 9.97 Å². The van der Waals surface area contributed by atoms with E-state index in [1.165, 1.54) is 4.57 Å². The lowest BCUT2D eigenvalue weighted by atomic mass is 9.95. The summed E-state index contributed by atoms with van der Waals surface area (Å²) in [5.74, 6) is -0.509. The second kappa shape index (κ2) is 6.28. The van der Waals surface area contributed by atoms with Gasteiger partial charge in [-0.1, -0.05) is 18.3 Å².